The molecule has 1 amide bonds. The minimum Gasteiger partial charge on any atom is -0.368 e. The highest BCUT2D eigenvalue weighted by Gasteiger charge is 2.46. The number of fused-ring (bicyclic) bond motifs is 1. The van der Waals surface area contributed by atoms with Crippen LogP contribution in [0, 0.1) is 0 Å². The number of hydrogen-bond acceptors (Lipinski definition) is 4. The minimum absolute atomic E-state index is 0.0732. The van der Waals surface area contributed by atoms with Crippen LogP contribution in [0.4, 0.5) is 19.0 Å². The fourth-order valence-electron chi connectivity index (χ4n) is 4.31. The zero-order valence-corrected chi connectivity index (χ0v) is 17.3. The number of rotatable bonds is 3. The molecule has 2 aromatic heterocycles. The van der Waals surface area contributed by atoms with Crippen molar-refractivity contribution in [3.8, 4) is 0 Å². The third kappa shape index (κ3) is 3.79. The monoisotopic (exact) mass is 424 g/mol. The van der Waals surface area contributed by atoms with Crippen molar-refractivity contribution in [3.63, 3.8) is 0 Å². The largest absolute Gasteiger partial charge is 0.410 e. The van der Waals surface area contributed by atoms with Gasteiger partial charge in [0.05, 0.1) is 11.7 Å². The second-order valence-electron chi connectivity index (χ2n) is 8.61. The van der Waals surface area contributed by atoms with E-state index in [1.165, 1.54) is 0 Å². The summed E-state index contributed by atoms with van der Waals surface area (Å²) in [6.45, 7) is 6.27. The predicted molar refractivity (Wildman–Crippen MR) is 105 cm³/mol. The summed E-state index contributed by atoms with van der Waals surface area (Å²) in [4.78, 5) is 14.8. The number of amides is 1. The predicted octanol–water partition coefficient (Wildman–Crippen LogP) is 4.40. The van der Waals surface area contributed by atoms with Crippen molar-refractivity contribution in [2.75, 3.05) is 11.9 Å². The number of nitrogens with zero attached hydrogens (tertiary/aromatic N) is 4. The van der Waals surface area contributed by atoms with E-state index < -0.39 is 12.2 Å². The number of anilines is 1. The molecule has 0 aliphatic carbocycles. The van der Waals surface area contributed by atoms with Crippen molar-refractivity contribution >= 4 is 11.7 Å². The van der Waals surface area contributed by atoms with Crippen molar-refractivity contribution in [1.29, 1.82) is 0 Å². The average molecular weight is 424 g/mol. The molecule has 0 unspecified atom stereocenters. The molecule has 0 radical (unpaired) electrons. The molecular weight excluding hydrogens is 397 g/mol. The van der Waals surface area contributed by atoms with Gasteiger partial charge in [-0.2, -0.15) is 23.4 Å². The van der Waals surface area contributed by atoms with Gasteiger partial charge in [0, 0.05) is 24.3 Å². The first-order valence-electron chi connectivity index (χ1n) is 10.4. The first kappa shape index (κ1) is 20.7. The average Bonchev–Trinajstić information content (AvgIpc) is 3.33. The van der Waals surface area contributed by atoms with Crippen LogP contribution in [0.2, 0.25) is 0 Å². The van der Waals surface area contributed by atoms with Gasteiger partial charge >= 0.3 is 6.18 Å². The molecule has 1 fully saturated rings. The van der Waals surface area contributed by atoms with Gasteiger partial charge in [-0.05, 0) is 44.6 Å². The van der Waals surface area contributed by atoms with E-state index in [-0.39, 0.29) is 30.3 Å². The second kappa shape index (κ2) is 7.63. The van der Waals surface area contributed by atoms with Crippen LogP contribution in [0.25, 0.3) is 0 Å². The lowest BCUT2D eigenvalue weighted by atomic mass is 9.98. The molecule has 2 aliphatic rings. The van der Waals surface area contributed by atoms with Gasteiger partial charge in [0.2, 0.25) is 0 Å². The summed E-state index contributed by atoms with van der Waals surface area (Å²) >= 11 is 0. The molecule has 164 valence electrons. The second-order valence-corrected chi connectivity index (χ2v) is 8.61. The maximum absolute atomic E-state index is 13.6. The topological polar surface area (TPSA) is 78.8 Å². The van der Waals surface area contributed by atoms with Gasteiger partial charge in [0.1, 0.15) is 11.5 Å². The molecule has 7 nitrogen and oxygen atoms in total. The standard InChI is InChI=1S/C20H27F3N6O/c1-11(2)13-9-15(26-25-13)19(30)28-7-5-4-6-16(28)14-10-18-24-12(3)8-17(20(21,22)23)29(18)27-14/h9-12,16-17,24H,4-8H2,1-3H3,(H,25,26)/t12-,16-,17-/m1/s1. The quantitative estimate of drug-likeness (QED) is 0.765. The van der Waals surface area contributed by atoms with E-state index in [0.29, 0.717) is 30.2 Å². The van der Waals surface area contributed by atoms with Gasteiger partial charge in [-0.3, -0.25) is 9.89 Å². The molecule has 10 heteroatoms. The Hall–Kier alpha value is -2.52. The summed E-state index contributed by atoms with van der Waals surface area (Å²) in [5, 5.41) is 14.5. The van der Waals surface area contributed by atoms with Crippen LogP contribution in [0.5, 0.6) is 0 Å². The van der Waals surface area contributed by atoms with Crippen LogP contribution in [-0.2, 0) is 0 Å². The SMILES string of the molecule is CC(C)c1cc(C(=O)N2CCCC[C@@H]2c2cc3n(n2)[C@@H](C(F)(F)F)C[C@@H](C)N3)n[nH]1. The number of piperidine rings is 1. The molecule has 2 aliphatic heterocycles. The lowest BCUT2D eigenvalue weighted by Crippen LogP contribution is -2.39. The molecule has 2 aromatic rings. The summed E-state index contributed by atoms with van der Waals surface area (Å²) in [5.74, 6) is 0.344. The molecule has 4 heterocycles. The van der Waals surface area contributed by atoms with Crippen molar-refractivity contribution < 1.29 is 18.0 Å². The summed E-state index contributed by atoms with van der Waals surface area (Å²) in [5.41, 5.74) is 1.69. The van der Waals surface area contributed by atoms with Gasteiger partial charge < -0.3 is 10.2 Å². The van der Waals surface area contributed by atoms with Gasteiger partial charge in [0.15, 0.2) is 6.04 Å². The molecule has 2 N–H and O–H groups in total. The zero-order chi connectivity index (χ0) is 21.6. The first-order valence-corrected chi connectivity index (χ1v) is 10.4. The van der Waals surface area contributed by atoms with Crippen LogP contribution in [0.1, 0.15) is 86.3 Å². The van der Waals surface area contributed by atoms with Gasteiger partial charge in [-0.15, -0.1) is 0 Å². The fourth-order valence-corrected chi connectivity index (χ4v) is 4.31. The molecule has 0 aromatic carbocycles. The number of carbonyl (C=O) groups excluding carboxylic acids is 1. The molecule has 0 saturated carbocycles. The summed E-state index contributed by atoms with van der Waals surface area (Å²) in [7, 11) is 0. The number of hydrogen-bond donors (Lipinski definition) is 2. The van der Waals surface area contributed by atoms with Crippen LogP contribution >= 0.6 is 0 Å². The molecule has 3 atom stereocenters. The molecule has 1 saturated heterocycles. The Bertz CT molecular complexity index is 918. The van der Waals surface area contributed by atoms with Crippen molar-refractivity contribution in [2.45, 2.75) is 76.7 Å². The van der Waals surface area contributed by atoms with E-state index in [9.17, 15) is 18.0 Å². The molecule has 0 spiro atoms. The fraction of sp³-hybridized carbons (Fsp3) is 0.650. The van der Waals surface area contributed by atoms with Crippen molar-refractivity contribution in [1.82, 2.24) is 24.9 Å². The van der Waals surface area contributed by atoms with E-state index in [1.807, 2.05) is 13.8 Å². The number of carbonyl (C=O) groups is 1. The Morgan fingerprint density at radius 1 is 1.27 bits per heavy atom. The van der Waals surface area contributed by atoms with E-state index in [2.05, 4.69) is 20.6 Å². The third-order valence-electron chi connectivity index (χ3n) is 5.94. The number of nitrogens with one attached hydrogen (secondary N) is 2. The number of halogens is 3. The van der Waals surface area contributed by atoms with Crippen LogP contribution in [-0.4, -0.2) is 49.5 Å². The molecule has 4 rings (SSSR count). The number of likely N-dealkylation sites (tertiary alicyclic amines) is 1. The Morgan fingerprint density at radius 2 is 2.03 bits per heavy atom. The summed E-state index contributed by atoms with van der Waals surface area (Å²) in [6, 6.07) is 1.07. The van der Waals surface area contributed by atoms with Crippen LogP contribution < -0.4 is 5.32 Å². The minimum atomic E-state index is -4.38. The highest BCUT2D eigenvalue weighted by molar-refractivity contribution is 5.92. The van der Waals surface area contributed by atoms with E-state index in [4.69, 9.17) is 0 Å². The maximum atomic E-state index is 13.6. The zero-order valence-electron chi connectivity index (χ0n) is 17.3. The molecule has 0 bridgehead atoms. The highest BCUT2D eigenvalue weighted by atomic mass is 19.4. The number of aromatic amines is 1. The Labute approximate surface area is 173 Å². The third-order valence-corrected chi connectivity index (χ3v) is 5.94. The Balaban J connectivity index is 1.64. The van der Waals surface area contributed by atoms with E-state index in [1.54, 1.807) is 24.0 Å². The number of alkyl halides is 3. The van der Waals surface area contributed by atoms with Crippen LogP contribution in [0.15, 0.2) is 12.1 Å². The van der Waals surface area contributed by atoms with Gasteiger partial charge in [-0.1, -0.05) is 13.8 Å². The lowest BCUT2D eigenvalue weighted by Gasteiger charge is -2.34. The van der Waals surface area contributed by atoms with Gasteiger partial charge in [-0.25, -0.2) is 4.68 Å². The molecule has 30 heavy (non-hydrogen) atoms. The van der Waals surface area contributed by atoms with Crippen molar-refractivity contribution in [3.05, 3.63) is 29.2 Å². The number of aromatic nitrogens is 4. The normalized spacial score (nSPS) is 24.6. The van der Waals surface area contributed by atoms with E-state index >= 15 is 0 Å². The Morgan fingerprint density at radius 3 is 2.70 bits per heavy atom. The summed E-state index contributed by atoms with van der Waals surface area (Å²) < 4.78 is 41.8. The number of H-pyrrole nitrogens is 1. The smallest absolute Gasteiger partial charge is 0.368 e. The van der Waals surface area contributed by atoms with Crippen LogP contribution in [0.3, 0.4) is 0 Å². The highest BCUT2D eigenvalue weighted by Crippen LogP contribution is 2.41. The lowest BCUT2D eigenvalue weighted by molar-refractivity contribution is -0.173. The van der Waals surface area contributed by atoms with Gasteiger partial charge in [0.25, 0.3) is 5.91 Å². The Kier molecular flexibility index (Phi) is 5.27. The first-order chi connectivity index (χ1) is 14.1. The summed E-state index contributed by atoms with van der Waals surface area (Å²) in [6.07, 6.45) is -2.05. The maximum Gasteiger partial charge on any atom is 0.410 e. The molecular formula is C20H27F3N6O. The van der Waals surface area contributed by atoms with Crippen molar-refractivity contribution in [2.24, 2.45) is 0 Å². The van der Waals surface area contributed by atoms with E-state index in [0.717, 1.165) is 23.2 Å².